The molecule has 0 saturated carbocycles. The van der Waals surface area contributed by atoms with E-state index in [2.05, 4.69) is 71.6 Å². The maximum Gasteiger partial charge on any atom is 0.161 e. The molecule has 1 aliphatic carbocycles. The number of aryl methyl sites for hydroxylation is 1. The van der Waals surface area contributed by atoms with Crippen LogP contribution in [0.2, 0.25) is 0 Å². The molecule has 6 rings (SSSR count). The number of likely N-dealkylation sites (tertiary alicyclic amines) is 1. The van der Waals surface area contributed by atoms with Crippen LogP contribution in [0.3, 0.4) is 0 Å². The number of unbranched alkanes of at least 4 members (excludes halogenated alkanes) is 1. The molecule has 4 nitrogen and oxygen atoms in total. The summed E-state index contributed by atoms with van der Waals surface area (Å²) in [5.74, 6) is 2.03. The van der Waals surface area contributed by atoms with E-state index in [-0.39, 0.29) is 11.6 Å². The van der Waals surface area contributed by atoms with Gasteiger partial charge in [-0.3, -0.25) is 4.90 Å². The lowest BCUT2D eigenvalue weighted by molar-refractivity contribution is 0.00596. The number of hydrogen-bond donors (Lipinski definition) is 0. The smallest absolute Gasteiger partial charge is 0.161 e. The summed E-state index contributed by atoms with van der Waals surface area (Å²) in [6, 6.07) is 24.3. The summed E-state index contributed by atoms with van der Waals surface area (Å²) in [5, 5.41) is 0. The van der Waals surface area contributed by atoms with Crippen molar-refractivity contribution in [2.45, 2.75) is 82.0 Å². The van der Waals surface area contributed by atoms with Crippen LogP contribution in [-0.4, -0.2) is 43.9 Å². The molecule has 3 aromatic carbocycles. The van der Waals surface area contributed by atoms with Gasteiger partial charge in [-0.15, -0.1) is 0 Å². The van der Waals surface area contributed by atoms with E-state index >= 15 is 0 Å². The number of hydrogen-bond acceptors (Lipinski definition) is 4. The van der Waals surface area contributed by atoms with E-state index in [4.69, 9.17) is 14.2 Å². The minimum atomic E-state index is 0.238. The summed E-state index contributed by atoms with van der Waals surface area (Å²) in [5.41, 5.74) is 7.33. The van der Waals surface area contributed by atoms with Crippen LogP contribution in [0.15, 0.2) is 66.7 Å². The van der Waals surface area contributed by atoms with Crippen LogP contribution in [-0.2, 0) is 24.2 Å². The summed E-state index contributed by atoms with van der Waals surface area (Å²) < 4.78 is 17.8. The third-order valence-corrected chi connectivity index (χ3v) is 9.62. The third-order valence-electron chi connectivity index (χ3n) is 9.62. The minimum absolute atomic E-state index is 0.238. The molecule has 3 aromatic rings. The second-order valence-electron chi connectivity index (χ2n) is 11.8. The number of methoxy groups -OCH3 is 2. The molecule has 206 valence electrons. The molecular formula is C35H43NO3. The lowest BCUT2D eigenvalue weighted by atomic mass is 9.72. The lowest BCUT2D eigenvalue weighted by Gasteiger charge is -2.50. The van der Waals surface area contributed by atoms with Gasteiger partial charge in [0.2, 0.25) is 0 Å². The monoisotopic (exact) mass is 525 g/mol. The molecule has 0 bridgehead atoms. The molecule has 2 heterocycles. The van der Waals surface area contributed by atoms with Gasteiger partial charge in [0.25, 0.3) is 0 Å². The van der Waals surface area contributed by atoms with Crippen molar-refractivity contribution in [3.63, 3.8) is 0 Å². The van der Waals surface area contributed by atoms with Gasteiger partial charge in [0.05, 0.1) is 26.9 Å². The molecule has 0 amide bonds. The van der Waals surface area contributed by atoms with Crippen molar-refractivity contribution in [1.82, 2.24) is 4.90 Å². The van der Waals surface area contributed by atoms with E-state index in [9.17, 15) is 0 Å². The fourth-order valence-electron chi connectivity index (χ4n) is 7.57. The van der Waals surface area contributed by atoms with E-state index in [0.717, 1.165) is 37.4 Å². The van der Waals surface area contributed by atoms with Crippen molar-refractivity contribution in [3.8, 4) is 11.5 Å². The first-order valence-corrected chi connectivity index (χ1v) is 14.9. The van der Waals surface area contributed by atoms with Gasteiger partial charge < -0.3 is 14.2 Å². The Balaban J connectivity index is 1.12. The van der Waals surface area contributed by atoms with E-state index in [0.29, 0.717) is 5.92 Å². The van der Waals surface area contributed by atoms with Gasteiger partial charge in [0.1, 0.15) is 0 Å². The molecule has 1 spiro atoms. The van der Waals surface area contributed by atoms with Crippen molar-refractivity contribution in [1.29, 1.82) is 0 Å². The van der Waals surface area contributed by atoms with Crippen LogP contribution in [0, 0.1) is 0 Å². The lowest BCUT2D eigenvalue weighted by Crippen LogP contribution is -2.55. The number of fused-ring (bicyclic) bond motifs is 2. The summed E-state index contributed by atoms with van der Waals surface area (Å²) >= 11 is 0. The minimum Gasteiger partial charge on any atom is -0.493 e. The highest BCUT2D eigenvalue weighted by Crippen LogP contribution is 2.43. The average molecular weight is 526 g/mol. The molecule has 39 heavy (non-hydrogen) atoms. The first-order valence-electron chi connectivity index (χ1n) is 14.9. The largest absolute Gasteiger partial charge is 0.493 e. The van der Waals surface area contributed by atoms with E-state index in [1.165, 1.54) is 79.4 Å². The molecule has 2 aliphatic heterocycles. The zero-order valence-corrected chi connectivity index (χ0v) is 23.7. The van der Waals surface area contributed by atoms with Crippen LogP contribution in [0.1, 0.15) is 78.7 Å². The summed E-state index contributed by atoms with van der Waals surface area (Å²) in [7, 11) is 3.48. The van der Waals surface area contributed by atoms with Crippen LogP contribution < -0.4 is 9.47 Å². The molecular weight excluding hydrogens is 482 g/mol. The second kappa shape index (κ2) is 11.7. The van der Waals surface area contributed by atoms with Crippen molar-refractivity contribution in [2.24, 2.45) is 0 Å². The van der Waals surface area contributed by atoms with Gasteiger partial charge in [0, 0.05) is 11.5 Å². The highest BCUT2D eigenvalue weighted by molar-refractivity contribution is 5.49. The van der Waals surface area contributed by atoms with Crippen LogP contribution in [0.25, 0.3) is 0 Å². The molecule has 3 unspecified atom stereocenters. The van der Waals surface area contributed by atoms with Gasteiger partial charge >= 0.3 is 0 Å². The number of benzene rings is 3. The van der Waals surface area contributed by atoms with E-state index in [1.807, 2.05) is 0 Å². The number of nitrogens with zero attached hydrogens (tertiary/aromatic N) is 1. The number of piperidine rings is 1. The van der Waals surface area contributed by atoms with Gasteiger partial charge in [-0.2, -0.15) is 0 Å². The van der Waals surface area contributed by atoms with E-state index < -0.39 is 0 Å². The average Bonchev–Trinajstić information content (AvgIpc) is 2.99. The van der Waals surface area contributed by atoms with Crippen molar-refractivity contribution >= 4 is 0 Å². The van der Waals surface area contributed by atoms with Gasteiger partial charge in [-0.25, -0.2) is 0 Å². The Morgan fingerprint density at radius 2 is 1.62 bits per heavy atom. The molecule has 3 atom stereocenters. The van der Waals surface area contributed by atoms with Gasteiger partial charge in [-0.1, -0.05) is 61.0 Å². The maximum absolute atomic E-state index is 6.52. The highest BCUT2D eigenvalue weighted by atomic mass is 16.5. The molecule has 0 aromatic heterocycles. The fourth-order valence-corrected chi connectivity index (χ4v) is 7.57. The Labute approximate surface area is 234 Å². The highest BCUT2D eigenvalue weighted by Gasteiger charge is 2.41. The maximum atomic E-state index is 6.52. The third kappa shape index (κ3) is 5.34. The Bertz CT molecular complexity index is 1260. The molecule has 3 aliphatic rings. The van der Waals surface area contributed by atoms with E-state index in [1.54, 1.807) is 14.2 Å². The standard InChI is InChI=1S/C35H43NO3/c1-37-32-22-27-17-19-35(24-29(27)23-33(32)38-2)18-9-11-21-36(35)20-10-8-16-31-34(26-12-4-3-5-13-26)30-15-7-6-14-28(30)25-39-31/h3-7,12-15,22-23,31,34H,8-11,16-21,24-25H2,1-2H3. The zero-order valence-electron chi connectivity index (χ0n) is 23.7. The molecule has 4 heteroatoms. The Morgan fingerprint density at radius 1 is 0.846 bits per heavy atom. The summed E-state index contributed by atoms with van der Waals surface area (Å²) in [4.78, 5) is 2.85. The number of rotatable bonds is 8. The van der Waals surface area contributed by atoms with Gasteiger partial charge in [-0.05, 0) is 104 Å². The molecule has 1 saturated heterocycles. The van der Waals surface area contributed by atoms with Crippen molar-refractivity contribution in [2.75, 3.05) is 27.3 Å². The fraction of sp³-hybridized carbons (Fsp3) is 0.486. The van der Waals surface area contributed by atoms with Crippen molar-refractivity contribution in [3.05, 3.63) is 94.5 Å². The molecule has 1 fully saturated rings. The first-order chi connectivity index (χ1) is 19.2. The van der Waals surface area contributed by atoms with Crippen LogP contribution in [0.4, 0.5) is 0 Å². The summed E-state index contributed by atoms with van der Waals surface area (Å²) in [6.45, 7) is 3.14. The topological polar surface area (TPSA) is 30.9 Å². The second-order valence-corrected chi connectivity index (χ2v) is 11.8. The van der Waals surface area contributed by atoms with Crippen LogP contribution >= 0.6 is 0 Å². The van der Waals surface area contributed by atoms with Crippen molar-refractivity contribution < 1.29 is 14.2 Å². The molecule has 0 radical (unpaired) electrons. The molecule has 0 N–H and O–H groups in total. The normalized spacial score (nSPS) is 24.7. The van der Waals surface area contributed by atoms with Gasteiger partial charge in [0.15, 0.2) is 11.5 Å². The Kier molecular flexibility index (Phi) is 7.95. The first kappa shape index (κ1) is 26.4. The Morgan fingerprint density at radius 3 is 2.44 bits per heavy atom. The van der Waals surface area contributed by atoms with Crippen LogP contribution in [0.5, 0.6) is 11.5 Å². The Hall–Kier alpha value is -2.82. The quantitative estimate of drug-likeness (QED) is 0.288. The predicted octanol–water partition coefficient (Wildman–Crippen LogP) is 7.32. The zero-order chi connectivity index (χ0) is 26.7. The number of ether oxygens (including phenoxy) is 3. The predicted molar refractivity (Wildman–Crippen MR) is 157 cm³/mol. The SMILES string of the molecule is COc1cc2c(cc1OC)CC1(CCCCN1CCCCC1OCc3ccccc3C1c1ccccc1)CC2. The summed E-state index contributed by atoms with van der Waals surface area (Å²) in [6.07, 6.45) is 11.2.